The molecule has 0 atom stereocenters. The van der Waals surface area contributed by atoms with E-state index in [9.17, 15) is 0 Å². The molecule has 2 rings (SSSR count). The van der Waals surface area contributed by atoms with Gasteiger partial charge in [0.2, 0.25) is 0 Å². The van der Waals surface area contributed by atoms with Gasteiger partial charge in [-0.05, 0) is 30.2 Å². The minimum atomic E-state index is 0.299. The van der Waals surface area contributed by atoms with Crippen LogP contribution in [0.25, 0.3) is 5.69 Å². The summed E-state index contributed by atoms with van der Waals surface area (Å²) in [6.45, 7) is 4.17. The summed E-state index contributed by atoms with van der Waals surface area (Å²) in [7, 11) is 0. The van der Waals surface area contributed by atoms with Gasteiger partial charge in [0.1, 0.15) is 5.15 Å². The van der Waals surface area contributed by atoms with Gasteiger partial charge < -0.3 is 0 Å². The Morgan fingerprint density at radius 2 is 1.89 bits per heavy atom. The van der Waals surface area contributed by atoms with Crippen LogP contribution < -0.4 is 0 Å². The zero-order valence-corrected chi connectivity index (χ0v) is 13.2. The molecule has 0 aliphatic carbocycles. The van der Waals surface area contributed by atoms with Crippen molar-refractivity contribution < 1.29 is 0 Å². The smallest absolute Gasteiger partial charge is 0.137 e. The Labute approximate surface area is 125 Å². The Kier molecular flexibility index (Phi) is 4.36. The number of rotatable bonds is 3. The first-order chi connectivity index (χ1) is 8.54. The van der Waals surface area contributed by atoms with Crippen molar-refractivity contribution in [1.82, 2.24) is 9.78 Å². The number of alkyl halides is 1. The number of halogens is 3. The summed E-state index contributed by atoms with van der Waals surface area (Å²) in [5.41, 5.74) is 2.80. The molecule has 0 fully saturated rings. The van der Waals surface area contributed by atoms with Crippen molar-refractivity contribution in [2.45, 2.75) is 25.6 Å². The molecule has 0 aliphatic rings. The Balaban J connectivity index is 2.55. The molecule has 1 aromatic heterocycles. The normalized spacial score (nSPS) is 11.2. The van der Waals surface area contributed by atoms with E-state index in [1.807, 2.05) is 24.3 Å². The van der Waals surface area contributed by atoms with Crippen LogP contribution in [0.2, 0.25) is 5.15 Å². The highest BCUT2D eigenvalue weighted by atomic mass is 79.9. The molecule has 0 radical (unpaired) electrons. The predicted octanol–water partition coefficient (Wildman–Crippen LogP) is 5.15. The maximum Gasteiger partial charge on any atom is 0.137 e. The summed E-state index contributed by atoms with van der Waals surface area (Å²) in [6, 6.07) is 7.85. The molecule has 0 unspecified atom stereocenters. The second kappa shape index (κ2) is 5.64. The van der Waals surface area contributed by atoms with Crippen LogP contribution in [0.5, 0.6) is 0 Å². The van der Waals surface area contributed by atoms with Crippen molar-refractivity contribution in [3.8, 4) is 5.69 Å². The molecule has 0 saturated heterocycles. The standard InChI is InChI=1S/C13H13BrCl2N2/c1-8(2)12-11(7-15)13(16)18(17-12)10-5-3-9(14)4-6-10/h3-6,8H,7H2,1-2H3. The van der Waals surface area contributed by atoms with E-state index in [4.69, 9.17) is 23.2 Å². The van der Waals surface area contributed by atoms with Gasteiger partial charge in [0.05, 0.1) is 17.3 Å². The van der Waals surface area contributed by atoms with E-state index in [2.05, 4.69) is 34.9 Å². The molecule has 5 heteroatoms. The highest BCUT2D eigenvalue weighted by molar-refractivity contribution is 9.10. The van der Waals surface area contributed by atoms with Crippen molar-refractivity contribution in [3.05, 3.63) is 45.1 Å². The largest absolute Gasteiger partial charge is 0.222 e. The second-order valence-electron chi connectivity index (χ2n) is 4.33. The molecule has 0 saturated carbocycles. The second-order valence-corrected chi connectivity index (χ2v) is 5.87. The van der Waals surface area contributed by atoms with Crippen LogP contribution >= 0.6 is 39.1 Å². The zero-order chi connectivity index (χ0) is 13.3. The number of hydrogen-bond donors (Lipinski definition) is 0. The highest BCUT2D eigenvalue weighted by Crippen LogP contribution is 2.29. The summed E-state index contributed by atoms with van der Waals surface area (Å²) in [4.78, 5) is 0. The van der Waals surface area contributed by atoms with Gasteiger partial charge in [-0.3, -0.25) is 0 Å². The fourth-order valence-electron chi connectivity index (χ4n) is 1.79. The van der Waals surface area contributed by atoms with Gasteiger partial charge in [-0.2, -0.15) is 5.10 Å². The molecule has 0 spiro atoms. The molecule has 2 aromatic rings. The maximum absolute atomic E-state index is 6.35. The van der Waals surface area contributed by atoms with Crippen molar-refractivity contribution in [3.63, 3.8) is 0 Å². The Hall–Kier alpha value is -0.510. The summed E-state index contributed by atoms with van der Waals surface area (Å²) < 4.78 is 2.76. The molecular weight excluding hydrogens is 335 g/mol. The fourth-order valence-corrected chi connectivity index (χ4v) is 2.68. The van der Waals surface area contributed by atoms with E-state index in [-0.39, 0.29) is 0 Å². The number of hydrogen-bond acceptors (Lipinski definition) is 1. The predicted molar refractivity (Wildman–Crippen MR) is 79.9 cm³/mol. The molecule has 18 heavy (non-hydrogen) atoms. The van der Waals surface area contributed by atoms with Gasteiger partial charge in [0, 0.05) is 10.0 Å². The highest BCUT2D eigenvalue weighted by Gasteiger charge is 2.18. The molecule has 0 amide bonds. The van der Waals surface area contributed by atoms with E-state index in [0.717, 1.165) is 21.4 Å². The Morgan fingerprint density at radius 3 is 2.33 bits per heavy atom. The van der Waals surface area contributed by atoms with Gasteiger partial charge in [-0.25, -0.2) is 4.68 Å². The van der Waals surface area contributed by atoms with Gasteiger partial charge in [0.25, 0.3) is 0 Å². The number of aromatic nitrogens is 2. The topological polar surface area (TPSA) is 17.8 Å². The van der Waals surface area contributed by atoms with E-state index in [1.165, 1.54) is 0 Å². The average molecular weight is 348 g/mol. The molecule has 0 N–H and O–H groups in total. The third-order valence-corrected chi connectivity index (χ3v) is 3.89. The maximum atomic E-state index is 6.35. The SMILES string of the molecule is CC(C)c1nn(-c2ccc(Br)cc2)c(Cl)c1CCl. The van der Waals surface area contributed by atoms with Crippen molar-refractivity contribution >= 4 is 39.1 Å². The third-order valence-electron chi connectivity index (χ3n) is 2.70. The molecule has 0 bridgehead atoms. The lowest BCUT2D eigenvalue weighted by molar-refractivity contribution is 0.765. The van der Waals surface area contributed by atoms with Crippen LogP contribution in [0.4, 0.5) is 0 Å². The van der Waals surface area contributed by atoms with Crippen LogP contribution in [-0.4, -0.2) is 9.78 Å². The van der Waals surface area contributed by atoms with E-state index in [1.54, 1.807) is 4.68 Å². The van der Waals surface area contributed by atoms with Crippen LogP contribution in [0.3, 0.4) is 0 Å². The molecule has 1 aromatic carbocycles. The Morgan fingerprint density at radius 1 is 1.28 bits per heavy atom. The van der Waals surface area contributed by atoms with Gasteiger partial charge in [0.15, 0.2) is 0 Å². The minimum Gasteiger partial charge on any atom is -0.222 e. The number of benzene rings is 1. The number of nitrogens with zero attached hydrogens (tertiary/aromatic N) is 2. The molecule has 1 heterocycles. The van der Waals surface area contributed by atoms with Crippen LogP contribution in [0.1, 0.15) is 31.0 Å². The average Bonchev–Trinajstić information content (AvgIpc) is 2.67. The molecular formula is C13H13BrCl2N2. The minimum absolute atomic E-state index is 0.299. The van der Waals surface area contributed by atoms with Crippen LogP contribution in [0.15, 0.2) is 28.7 Å². The lowest BCUT2D eigenvalue weighted by Crippen LogP contribution is -1.98. The van der Waals surface area contributed by atoms with Crippen molar-refractivity contribution in [2.24, 2.45) is 0 Å². The monoisotopic (exact) mass is 346 g/mol. The fraction of sp³-hybridized carbons (Fsp3) is 0.308. The van der Waals surface area contributed by atoms with E-state index >= 15 is 0 Å². The lowest BCUT2D eigenvalue weighted by Gasteiger charge is -2.03. The van der Waals surface area contributed by atoms with Crippen LogP contribution in [0, 0.1) is 0 Å². The van der Waals surface area contributed by atoms with Crippen molar-refractivity contribution in [1.29, 1.82) is 0 Å². The third kappa shape index (κ3) is 2.58. The summed E-state index contributed by atoms with van der Waals surface area (Å²) in [6.07, 6.45) is 0. The van der Waals surface area contributed by atoms with Crippen LogP contribution in [-0.2, 0) is 5.88 Å². The molecule has 2 nitrogen and oxygen atoms in total. The quantitative estimate of drug-likeness (QED) is 0.702. The zero-order valence-electron chi connectivity index (χ0n) is 10.1. The Bertz CT molecular complexity index is 547. The van der Waals surface area contributed by atoms with E-state index < -0.39 is 0 Å². The molecule has 0 aliphatic heterocycles. The summed E-state index contributed by atoms with van der Waals surface area (Å²) in [5.74, 6) is 0.677. The molecule has 96 valence electrons. The van der Waals surface area contributed by atoms with Gasteiger partial charge >= 0.3 is 0 Å². The summed E-state index contributed by atoms with van der Waals surface area (Å²) in [5, 5.41) is 5.16. The van der Waals surface area contributed by atoms with Crippen molar-refractivity contribution in [2.75, 3.05) is 0 Å². The van der Waals surface area contributed by atoms with E-state index in [0.29, 0.717) is 17.0 Å². The summed E-state index contributed by atoms with van der Waals surface area (Å²) >= 11 is 15.7. The van der Waals surface area contributed by atoms with Gasteiger partial charge in [-0.15, -0.1) is 11.6 Å². The van der Waals surface area contributed by atoms with Gasteiger partial charge in [-0.1, -0.05) is 41.4 Å². The first-order valence-electron chi connectivity index (χ1n) is 5.63. The lowest BCUT2D eigenvalue weighted by atomic mass is 10.1. The first kappa shape index (κ1) is 13.9. The first-order valence-corrected chi connectivity index (χ1v) is 7.34.